The second-order valence-corrected chi connectivity index (χ2v) is 6.60. The molecule has 1 atom stereocenters. The van der Waals surface area contributed by atoms with E-state index in [1.54, 1.807) is 61.7 Å². The van der Waals surface area contributed by atoms with E-state index in [4.69, 9.17) is 9.47 Å². The van der Waals surface area contributed by atoms with Gasteiger partial charge in [-0.2, -0.15) is 0 Å². The first-order valence-corrected chi connectivity index (χ1v) is 10.8. The molecule has 174 valence electrons. The van der Waals surface area contributed by atoms with E-state index in [1.165, 1.54) is 7.11 Å². The second kappa shape index (κ2) is 13.5. The zero-order chi connectivity index (χ0) is 24.1. The quantitative estimate of drug-likeness (QED) is 0.436. The Morgan fingerprint density at radius 3 is 2.30 bits per heavy atom. The summed E-state index contributed by atoms with van der Waals surface area (Å²) in [6.45, 7) is 6.14. The first-order chi connectivity index (χ1) is 16.1. The predicted octanol–water partition coefficient (Wildman–Crippen LogP) is 5.00. The van der Waals surface area contributed by atoms with Crippen LogP contribution in [0, 0.1) is 4.91 Å². The summed E-state index contributed by atoms with van der Waals surface area (Å²) >= 11 is 0. The molecule has 0 aliphatic carbocycles. The van der Waals surface area contributed by atoms with Crippen molar-refractivity contribution in [2.75, 3.05) is 13.7 Å². The van der Waals surface area contributed by atoms with E-state index < -0.39 is 6.10 Å². The van der Waals surface area contributed by atoms with Gasteiger partial charge in [0, 0.05) is 37.0 Å². The summed E-state index contributed by atoms with van der Waals surface area (Å²) in [7, 11) is 1.29. The van der Waals surface area contributed by atoms with Gasteiger partial charge in [0.15, 0.2) is 24.7 Å². The first-order valence-electron chi connectivity index (χ1n) is 10.8. The van der Waals surface area contributed by atoms with Crippen molar-refractivity contribution in [1.82, 2.24) is 10.3 Å². The minimum atomic E-state index is -0.716. The maximum atomic E-state index is 12.4. The molecule has 0 fully saturated rings. The van der Waals surface area contributed by atoms with E-state index in [0.29, 0.717) is 40.8 Å². The van der Waals surface area contributed by atoms with Crippen LogP contribution >= 0.6 is 0 Å². The molecule has 33 heavy (non-hydrogen) atoms. The van der Waals surface area contributed by atoms with Gasteiger partial charge >= 0.3 is 5.69 Å². The molecule has 1 N–H and O–H groups in total. The molecule has 0 radical (unpaired) electrons. The predicted molar refractivity (Wildman–Crippen MR) is 126 cm³/mol. The Hall–Kier alpha value is -3.94. The molecule has 8 heteroatoms. The lowest BCUT2D eigenvalue weighted by atomic mass is 10.2. The molecular weight excluding hydrogens is 422 g/mol. The third-order valence-electron chi connectivity index (χ3n) is 4.37. The van der Waals surface area contributed by atoms with E-state index in [2.05, 4.69) is 15.1 Å². The number of nitrogens with one attached hydrogen (secondary N) is 1. The Bertz CT molecular complexity index is 1010. The molecule has 0 bridgehead atoms. The van der Waals surface area contributed by atoms with E-state index in [-0.39, 0.29) is 5.91 Å². The van der Waals surface area contributed by atoms with Gasteiger partial charge in [-0.05, 0) is 43.3 Å². The standard InChI is InChI=1S/C23H23N3O5.C2H6/c1-17(23(27)25-16-14-18-7-5-6-15-24-18)30-21-8-3-4-9-22(21)31-20-12-10-19(11-13-20)26(28)29-2;1-2/h3-13,15,17H,14,16H2,1-2H3;1-2H3/p+1. The lowest BCUT2D eigenvalue weighted by Crippen LogP contribution is -2.37. The van der Waals surface area contributed by atoms with Gasteiger partial charge in [-0.1, -0.05) is 32.0 Å². The molecule has 8 nitrogen and oxygen atoms in total. The SMILES string of the molecule is CC.CO[N+](=O)c1ccc(Oc2ccccc2OC(C)C(=O)NCCc2ccccn2)cc1. The van der Waals surface area contributed by atoms with Crippen molar-refractivity contribution in [2.24, 2.45) is 0 Å². The molecule has 1 amide bonds. The van der Waals surface area contributed by atoms with Crippen LogP contribution in [0.1, 0.15) is 26.5 Å². The van der Waals surface area contributed by atoms with E-state index in [9.17, 15) is 9.70 Å². The highest BCUT2D eigenvalue weighted by atomic mass is 16.8. The van der Waals surface area contributed by atoms with E-state index in [1.807, 2.05) is 32.0 Å². The Balaban J connectivity index is 0.00000187. The number of benzene rings is 2. The third-order valence-corrected chi connectivity index (χ3v) is 4.37. The fourth-order valence-corrected chi connectivity index (χ4v) is 2.75. The van der Waals surface area contributed by atoms with Gasteiger partial charge in [-0.3, -0.25) is 9.78 Å². The molecule has 2 aromatic carbocycles. The maximum Gasteiger partial charge on any atom is 0.317 e. The van der Waals surface area contributed by atoms with Crippen molar-refractivity contribution < 1.29 is 24.0 Å². The van der Waals surface area contributed by atoms with Crippen molar-refractivity contribution in [3.63, 3.8) is 0 Å². The second-order valence-electron chi connectivity index (χ2n) is 6.60. The minimum absolute atomic E-state index is 0.231. The largest absolute Gasteiger partial charge is 0.477 e. The maximum absolute atomic E-state index is 12.4. The number of hydrogen-bond acceptors (Lipinski definition) is 6. The van der Waals surface area contributed by atoms with Crippen LogP contribution in [-0.2, 0) is 16.1 Å². The summed E-state index contributed by atoms with van der Waals surface area (Å²) in [6.07, 6.45) is 1.65. The van der Waals surface area contributed by atoms with Gasteiger partial charge in [-0.25, -0.2) is 4.84 Å². The van der Waals surface area contributed by atoms with Crippen LogP contribution in [0.25, 0.3) is 0 Å². The van der Waals surface area contributed by atoms with Crippen LogP contribution in [0.4, 0.5) is 5.69 Å². The first kappa shape index (κ1) is 25.3. The van der Waals surface area contributed by atoms with Crippen molar-refractivity contribution in [3.8, 4) is 17.2 Å². The summed E-state index contributed by atoms with van der Waals surface area (Å²) in [5.74, 6) is 1.16. The molecule has 0 aliphatic heterocycles. The van der Waals surface area contributed by atoms with Crippen molar-refractivity contribution >= 4 is 11.6 Å². The van der Waals surface area contributed by atoms with E-state index in [0.717, 1.165) is 5.69 Å². The number of nitrogens with zero attached hydrogens (tertiary/aromatic N) is 2. The summed E-state index contributed by atoms with van der Waals surface area (Å²) in [5.41, 5.74) is 1.25. The summed E-state index contributed by atoms with van der Waals surface area (Å²) in [6, 6.07) is 19.2. The van der Waals surface area contributed by atoms with Gasteiger partial charge in [0.05, 0.1) is 4.91 Å². The fourth-order valence-electron chi connectivity index (χ4n) is 2.75. The molecule has 1 unspecified atom stereocenters. The highest BCUT2D eigenvalue weighted by molar-refractivity contribution is 5.80. The van der Waals surface area contributed by atoms with E-state index >= 15 is 0 Å². The molecular formula is C25H30N3O5+. The Morgan fingerprint density at radius 1 is 1.00 bits per heavy atom. The number of carbonyl (C=O) groups excluding carboxylic acids is 1. The third kappa shape index (κ3) is 7.92. The van der Waals surface area contributed by atoms with Gasteiger partial charge in [0.25, 0.3) is 10.8 Å². The summed E-state index contributed by atoms with van der Waals surface area (Å²) < 4.78 is 11.7. The smallest absolute Gasteiger partial charge is 0.317 e. The topological polar surface area (TPSA) is 89.8 Å². The monoisotopic (exact) mass is 452 g/mol. The molecule has 1 heterocycles. The number of aromatic nitrogens is 1. The highest BCUT2D eigenvalue weighted by Gasteiger charge is 2.18. The Kier molecular flexibility index (Phi) is 10.3. The van der Waals surface area contributed by atoms with Gasteiger partial charge in [0.1, 0.15) is 5.75 Å². The normalized spacial score (nSPS) is 10.8. The number of carbonyl (C=O) groups is 1. The average molecular weight is 453 g/mol. The van der Waals surface area contributed by atoms with Gasteiger partial charge in [-0.15, -0.1) is 0 Å². The van der Waals surface area contributed by atoms with Crippen LogP contribution in [0.15, 0.2) is 72.9 Å². The van der Waals surface area contributed by atoms with Crippen LogP contribution < -0.4 is 14.8 Å². The number of pyridine rings is 1. The van der Waals surface area contributed by atoms with Crippen molar-refractivity contribution in [1.29, 1.82) is 0 Å². The zero-order valence-electron chi connectivity index (χ0n) is 19.4. The number of hydrogen-bond donors (Lipinski definition) is 1. The Labute approximate surface area is 194 Å². The minimum Gasteiger partial charge on any atom is -0.477 e. The van der Waals surface area contributed by atoms with Crippen molar-refractivity contribution in [2.45, 2.75) is 33.3 Å². The fraction of sp³-hybridized carbons (Fsp3) is 0.280. The van der Waals surface area contributed by atoms with Crippen LogP contribution in [0.3, 0.4) is 0 Å². The van der Waals surface area contributed by atoms with Gasteiger partial charge in [0.2, 0.25) is 0 Å². The Morgan fingerprint density at radius 2 is 1.67 bits per heavy atom. The van der Waals surface area contributed by atoms with Crippen LogP contribution in [0.2, 0.25) is 0 Å². The number of ether oxygens (including phenoxy) is 2. The number of amides is 1. The summed E-state index contributed by atoms with van der Waals surface area (Å²) in [4.78, 5) is 33.1. The molecule has 3 aromatic rings. The van der Waals surface area contributed by atoms with Crippen LogP contribution in [0.5, 0.6) is 17.2 Å². The average Bonchev–Trinajstić information content (AvgIpc) is 2.87. The van der Waals surface area contributed by atoms with Gasteiger partial charge < -0.3 is 14.8 Å². The molecule has 0 spiro atoms. The van der Waals surface area contributed by atoms with Crippen LogP contribution in [-0.4, -0.2) is 35.6 Å². The lowest BCUT2D eigenvalue weighted by molar-refractivity contribution is -0.736. The lowest BCUT2D eigenvalue weighted by Gasteiger charge is -2.17. The van der Waals surface area contributed by atoms with Crippen molar-refractivity contribution in [3.05, 3.63) is 83.5 Å². The number of para-hydroxylation sites is 2. The molecule has 0 aliphatic rings. The zero-order valence-corrected chi connectivity index (χ0v) is 19.4. The number of rotatable bonds is 10. The molecule has 1 aromatic heterocycles. The molecule has 3 rings (SSSR count). The molecule has 0 saturated carbocycles. The molecule has 0 saturated heterocycles. The summed E-state index contributed by atoms with van der Waals surface area (Å²) in [5, 5.41) is 2.85. The highest BCUT2D eigenvalue weighted by Crippen LogP contribution is 2.32.